The predicted molar refractivity (Wildman–Crippen MR) is 68.9 cm³/mol. The van der Waals surface area contributed by atoms with Crippen LogP contribution in [0.15, 0.2) is 30.6 Å². The molecule has 1 heterocycles. The zero-order chi connectivity index (χ0) is 13.7. The van der Waals surface area contributed by atoms with Gasteiger partial charge in [0.2, 0.25) is 5.88 Å². The number of rotatable bonds is 5. The molecule has 6 heteroatoms. The van der Waals surface area contributed by atoms with Crippen molar-refractivity contribution in [3.63, 3.8) is 0 Å². The molecule has 0 fully saturated rings. The summed E-state index contributed by atoms with van der Waals surface area (Å²) in [7, 11) is 1.53. The van der Waals surface area contributed by atoms with Crippen molar-refractivity contribution in [3.05, 3.63) is 41.9 Å². The summed E-state index contributed by atoms with van der Waals surface area (Å²) in [6.07, 6.45) is 3.09. The third-order valence-corrected chi connectivity index (χ3v) is 2.55. The molecule has 19 heavy (non-hydrogen) atoms. The van der Waals surface area contributed by atoms with Gasteiger partial charge in [0.05, 0.1) is 13.7 Å². The molecule has 0 amide bonds. The maximum absolute atomic E-state index is 9.09. The summed E-state index contributed by atoms with van der Waals surface area (Å²) < 4.78 is 10.9. The zero-order valence-corrected chi connectivity index (χ0v) is 10.5. The first-order valence-electron chi connectivity index (χ1n) is 5.74. The third-order valence-electron chi connectivity index (χ3n) is 2.55. The smallest absolute Gasteiger partial charge is 0.242 e. The molecule has 0 radical (unpaired) electrons. The molecule has 2 aromatic rings. The van der Waals surface area contributed by atoms with Crippen LogP contribution >= 0.6 is 0 Å². The van der Waals surface area contributed by atoms with Crippen molar-refractivity contribution < 1.29 is 14.6 Å². The maximum atomic E-state index is 9.09. The van der Waals surface area contributed by atoms with Crippen LogP contribution in [-0.2, 0) is 13.2 Å². The zero-order valence-electron chi connectivity index (χ0n) is 10.5. The van der Waals surface area contributed by atoms with Gasteiger partial charge in [-0.25, -0.2) is 4.98 Å². The minimum atomic E-state index is -0.0597. The van der Waals surface area contributed by atoms with Gasteiger partial charge in [-0.3, -0.25) is 4.98 Å². The van der Waals surface area contributed by atoms with Gasteiger partial charge < -0.3 is 20.3 Å². The minimum Gasteiger partial charge on any atom is -0.493 e. The Labute approximate surface area is 110 Å². The number of methoxy groups -OCH3 is 1. The molecule has 1 aromatic carbocycles. The van der Waals surface area contributed by atoms with Gasteiger partial charge in [0, 0.05) is 18.9 Å². The number of aliphatic hydroxyl groups is 1. The monoisotopic (exact) mass is 261 g/mol. The van der Waals surface area contributed by atoms with Crippen LogP contribution in [0.1, 0.15) is 11.3 Å². The number of hydrogen-bond donors (Lipinski definition) is 2. The molecule has 0 aliphatic carbocycles. The average Bonchev–Trinajstić information content (AvgIpc) is 2.48. The van der Waals surface area contributed by atoms with Crippen molar-refractivity contribution in [1.82, 2.24) is 9.97 Å². The van der Waals surface area contributed by atoms with Gasteiger partial charge in [-0.2, -0.15) is 0 Å². The van der Waals surface area contributed by atoms with Crippen molar-refractivity contribution in [2.75, 3.05) is 7.11 Å². The van der Waals surface area contributed by atoms with Crippen LogP contribution in [0.25, 0.3) is 0 Å². The Kier molecular flexibility index (Phi) is 4.27. The second-order valence-corrected chi connectivity index (χ2v) is 3.76. The van der Waals surface area contributed by atoms with Gasteiger partial charge in [-0.1, -0.05) is 6.07 Å². The molecule has 0 spiro atoms. The van der Waals surface area contributed by atoms with E-state index >= 15 is 0 Å². The van der Waals surface area contributed by atoms with Gasteiger partial charge >= 0.3 is 0 Å². The van der Waals surface area contributed by atoms with E-state index in [2.05, 4.69) is 9.97 Å². The highest BCUT2D eigenvalue weighted by Crippen LogP contribution is 2.32. The quantitative estimate of drug-likeness (QED) is 0.841. The minimum absolute atomic E-state index is 0.0597. The van der Waals surface area contributed by atoms with E-state index in [9.17, 15) is 0 Å². The Morgan fingerprint density at radius 3 is 2.68 bits per heavy atom. The van der Waals surface area contributed by atoms with E-state index in [4.69, 9.17) is 20.3 Å². The predicted octanol–water partition coefficient (Wildman–Crippen LogP) is 1.23. The number of benzene rings is 1. The van der Waals surface area contributed by atoms with Gasteiger partial charge in [-0.15, -0.1) is 0 Å². The summed E-state index contributed by atoms with van der Waals surface area (Å²) >= 11 is 0. The number of aromatic nitrogens is 2. The highest BCUT2D eigenvalue weighted by Gasteiger charge is 2.10. The fourth-order valence-electron chi connectivity index (χ4n) is 1.58. The van der Waals surface area contributed by atoms with Crippen LogP contribution in [-0.4, -0.2) is 22.2 Å². The third kappa shape index (κ3) is 2.98. The van der Waals surface area contributed by atoms with Gasteiger partial charge in [-0.05, 0) is 17.7 Å². The molecule has 3 N–H and O–H groups in total. The maximum Gasteiger partial charge on any atom is 0.242 e. The standard InChI is InChI=1S/C13H15N3O3/c1-18-12-6-9(8-17)2-3-11(12)19-13-10(7-14)15-4-5-16-13/h2-6,17H,7-8,14H2,1H3. The fraction of sp³-hybridized carbons (Fsp3) is 0.231. The van der Waals surface area contributed by atoms with Crippen molar-refractivity contribution in [2.24, 2.45) is 5.73 Å². The fourth-order valence-corrected chi connectivity index (χ4v) is 1.58. The van der Waals surface area contributed by atoms with Crippen LogP contribution < -0.4 is 15.2 Å². The molecule has 0 unspecified atom stereocenters. The molecule has 100 valence electrons. The summed E-state index contributed by atoms with van der Waals surface area (Å²) in [5, 5.41) is 9.09. The number of aliphatic hydroxyl groups excluding tert-OH is 1. The van der Waals surface area contributed by atoms with Gasteiger partial charge in [0.1, 0.15) is 5.69 Å². The van der Waals surface area contributed by atoms with Crippen LogP contribution in [0.2, 0.25) is 0 Å². The lowest BCUT2D eigenvalue weighted by molar-refractivity contribution is 0.280. The van der Waals surface area contributed by atoms with Crippen LogP contribution in [0.5, 0.6) is 17.4 Å². The van der Waals surface area contributed by atoms with E-state index in [-0.39, 0.29) is 13.2 Å². The first-order chi connectivity index (χ1) is 9.28. The Bertz CT molecular complexity index is 561. The molecule has 0 saturated carbocycles. The lowest BCUT2D eigenvalue weighted by Crippen LogP contribution is -2.04. The van der Waals surface area contributed by atoms with E-state index in [0.717, 1.165) is 5.56 Å². The summed E-state index contributed by atoms with van der Waals surface area (Å²) in [6.45, 7) is 0.177. The summed E-state index contributed by atoms with van der Waals surface area (Å²) in [5.74, 6) is 1.36. The molecule has 0 aliphatic rings. The number of nitrogens with zero attached hydrogens (tertiary/aromatic N) is 2. The van der Waals surface area contributed by atoms with Crippen molar-refractivity contribution in [2.45, 2.75) is 13.2 Å². The van der Waals surface area contributed by atoms with E-state index in [1.54, 1.807) is 24.4 Å². The Balaban J connectivity index is 2.32. The van der Waals surface area contributed by atoms with E-state index in [1.807, 2.05) is 0 Å². The Morgan fingerprint density at radius 2 is 2.00 bits per heavy atom. The first kappa shape index (κ1) is 13.3. The van der Waals surface area contributed by atoms with Gasteiger partial charge in [0.15, 0.2) is 11.5 Å². The normalized spacial score (nSPS) is 10.3. The molecule has 0 bridgehead atoms. The molecular weight excluding hydrogens is 246 g/mol. The summed E-state index contributed by atoms with van der Waals surface area (Å²) in [6, 6.07) is 5.16. The van der Waals surface area contributed by atoms with Crippen molar-refractivity contribution >= 4 is 0 Å². The van der Waals surface area contributed by atoms with Crippen LogP contribution in [0, 0.1) is 0 Å². The Morgan fingerprint density at radius 1 is 1.21 bits per heavy atom. The van der Waals surface area contributed by atoms with E-state index in [1.165, 1.54) is 13.3 Å². The van der Waals surface area contributed by atoms with E-state index in [0.29, 0.717) is 23.1 Å². The van der Waals surface area contributed by atoms with Crippen molar-refractivity contribution in [3.8, 4) is 17.4 Å². The topological polar surface area (TPSA) is 90.5 Å². The molecule has 6 nitrogen and oxygen atoms in total. The van der Waals surface area contributed by atoms with Crippen LogP contribution in [0.3, 0.4) is 0 Å². The highest BCUT2D eigenvalue weighted by atomic mass is 16.5. The second kappa shape index (κ2) is 6.12. The summed E-state index contributed by atoms with van der Waals surface area (Å²) in [5.41, 5.74) is 6.88. The SMILES string of the molecule is COc1cc(CO)ccc1Oc1nccnc1CN. The van der Waals surface area contributed by atoms with Gasteiger partial charge in [0.25, 0.3) is 0 Å². The highest BCUT2D eigenvalue weighted by molar-refractivity contribution is 5.44. The summed E-state index contributed by atoms with van der Waals surface area (Å²) in [4.78, 5) is 8.18. The first-order valence-corrected chi connectivity index (χ1v) is 5.74. The molecule has 2 rings (SSSR count). The van der Waals surface area contributed by atoms with Crippen LogP contribution in [0.4, 0.5) is 0 Å². The lowest BCUT2D eigenvalue weighted by atomic mass is 10.2. The molecule has 0 atom stereocenters. The molecule has 1 aromatic heterocycles. The molecular formula is C13H15N3O3. The molecule has 0 saturated heterocycles. The molecule has 0 aliphatic heterocycles. The lowest BCUT2D eigenvalue weighted by Gasteiger charge is -2.12. The van der Waals surface area contributed by atoms with E-state index < -0.39 is 0 Å². The average molecular weight is 261 g/mol. The number of hydrogen-bond acceptors (Lipinski definition) is 6. The Hall–Kier alpha value is -2.18. The largest absolute Gasteiger partial charge is 0.493 e. The number of nitrogens with two attached hydrogens (primary N) is 1. The van der Waals surface area contributed by atoms with Crippen molar-refractivity contribution in [1.29, 1.82) is 0 Å². The second-order valence-electron chi connectivity index (χ2n) is 3.76. The number of ether oxygens (including phenoxy) is 2.